The van der Waals surface area contributed by atoms with E-state index < -0.39 is 18.0 Å². The van der Waals surface area contributed by atoms with Crippen molar-refractivity contribution in [3.05, 3.63) is 39.8 Å². The second-order valence-electron chi connectivity index (χ2n) is 9.51. The highest BCUT2D eigenvalue weighted by Crippen LogP contribution is 2.49. The number of nitrogens with zero attached hydrogens (tertiary/aromatic N) is 3. The van der Waals surface area contributed by atoms with Crippen LogP contribution in [0.3, 0.4) is 0 Å². The van der Waals surface area contributed by atoms with Crippen LogP contribution in [-0.4, -0.2) is 76.8 Å². The maximum Gasteiger partial charge on any atom is 0.318 e. The molecule has 4 rings (SSSR count). The summed E-state index contributed by atoms with van der Waals surface area (Å²) in [6.07, 6.45) is 6.74. The number of carbonyl (C=O) groups excluding carboxylic acids is 2. The van der Waals surface area contributed by atoms with Gasteiger partial charge in [-0.3, -0.25) is 9.59 Å². The second kappa shape index (κ2) is 10.7. The van der Waals surface area contributed by atoms with Gasteiger partial charge in [0.25, 0.3) is 5.56 Å². The lowest BCUT2D eigenvalue weighted by atomic mass is 9.88. The van der Waals surface area contributed by atoms with E-state index in [9.17, 15) is 19.5 Å². The van der Waals surface area contributed by atoms with E-state index >= 15 is 0 Å². The molecule has 0 aliphatic carbocycles. The highest BCUT2D eigenvalue weighted by atomic mass is 16.3. The van der Waals surface area contributed by atoms with Crippen LogP contribution in [0.1, 0.15) is 50.4 Å². The van der Waals surface area contributed by atoms with E-state index in [0.717, 1.165) is 31.7 Å². The van der Waals surface area contributed by atoms with Crippen molar-refractivity contribution in [2.75, 3.05) is 39.3 Å². The first-order valence-electron chi connectivity index (χ1n) is 12.5. The summed E-state index contributed by atoms with van der Waals surface area (Å²) in [4.78, 5) is 43.7. The molecule has 2 fully saturated rings. The first kappa shape index (κ1) is 24.5. The average Bonchev–Trinajstić information content (AvgIpc) is 3.54. The lowest BCUT2D eigenvalue weighted by Gasteiger charge is -2.31. The van der Waals surface area contributed by atoms with Crippen molar-refractivity contribution in [1.82, 2.24) is 25.0 Å². The third kappa shape index (κ3) is 4.51. The molecule has 0 radical (unpaired) electrons. The Labute approximate surface area is 200 Å². The van der Waals surface area contributed by atoms with Crippen molar-refractivity contribution in [1.29, 1.82) is 0 Å². The number of aromatic nitrogens is 1. The van der Waals surface area contributed by atoms with Gasteiger partial charge >= 0.3 is 6.03 Å². The van der Waals surface area contributed by atoms with Gasteiger partial charge in [-0.15, -0.1) is 0 Å². The minimum absolute atomic E-state index is 0.109. The molecule has 2 saturated heterocycles. The number of carbonyl (C=O) groups is 2. The molecule has 1 aromatic heterocycles. The number of hydrogen-bond acceptors (Lipinski definition) is 5. The average molecular weight is 472 g/mol. The minimum atomic E-state index is -0.783. The number of fused-ring (bicyclic) bond motifs is 3. The Bertz CT molecular complexity index is 984. The molecule has 34 heavy (non-hydrogen) atoms. The first-order chi connectivity index (χ1) is 16.5. The molecule has 9 nitrogen and oxygen atoms in total. The van der Waals surface area contributed by atoms with E-state index in [1.54, 1.807) is 21.6 Å². The van der Waals surface area contributed by atoms with Crippen LogP contribution in [-0.2, 0) is 11.3 Å². The summed E-state index contributed by atoms with van der Waals surface area (Å²) < 4.78 is 1.70. The van der Waals surface area contributed by atoms with Crippen LogP contribution >= 0.6 is 0 Å². The lowest BCUT2D eigenvalue weighted by molar-refractivity contribution is -0.126. The zero-order valence-electron chi connectivity index (χ0n) is 20.2. The van der Waals surface area contributed by atoms with E-state index in [2.05, 4.69) is 15.5 Å². The third-order valence-electron chi connectivity index (χ3n) is 7.41. The van der Waals surface area contributed by atoms with Crippen molar-refractivity contribution in [3.8, 4) is 0 Å². The fourth-order valence-corrected chi connectivity index (χ4v) is 5.80. The van der Waals surface area contributed by atoms with E-state index in [4.69, 9.17) is 0 Å². The Balaban J connectivity index is 1.62. The van der Waals surface area contributed by atoms with Gasteiger partial charge in [0, 0.05) is 55.9 Å². The molecule has 3 aliphatic rings. The number of likely N-dealkylation sites (tertiary alicyclic amines) is 2. The zero-order valence-corrected chi connectivity index (χ0v) is 20.2. The van der Waals surface area contributed by atoms with Crippen LogP contribution < -0.4 is 16.2 Å². The number of aliphatic hydroxyl groups excluding tert-OH is 1. The van der Waals surface area contributed by atoms with Gasteiger partial charge < -0.3 is 30.1 Å². The SMILES string of the molecule is C/C=C\c1ccc2n(c1=O)C[C@@H]1[C@@H](CO)[C@H](C(=O)NCCN3CCCC3)N(C(=O)NCCC)[C@H]21. The molecular weight excluding hydrogens is 434 g/mol. The topological polar surface area (TPSA) is 107 Å². The largest absolute Gasteiger partial charge is 0.396 e. The molecule has 1 aromatic rings. The third-order valence-corrected chi connectivity index (χ3v) is 7.41. The van der Waals surface area contributed by atoms with Crippen molar-refractivity contribution in [3.63, 3.8) is 0 Å². The molecule has 0 bridgehead atoms. The van der Waals surface area contributed by atoms with Gasteiger partial charge in [-0.2, -0.15) is 0 Å². The van der Waals surface area contributed by atoms with Gasteiger partial charge in [-0.25, -0.2) is 4.79 Å². The lowest BCUT2D eigenvalue weighted by Crippen LogP contribution is -2.53. The van der Waals surface area contributed by atoms with Crippen molar-refractivity contribution >= 4 is 18.0 Å². The maximum absolute atomic E-state index is 13.4. The standard InChI is InChI=1S/C25H37N5O4/c1-3-7-17-8-9-20-21-18(15-29(20)24(17)33)19(16-31)22(30(21)25(34)27-10-4-2)23(32)26-11-14-28-12-5-6-13-28/h3,7-9,18-19,21-22,31H,4-6,10-16H2,1-2H3,(H,26,32)(H,27,34)/b7-3-/t18-,19-,21+,22-/m1/s1. The van der Waals surface area contributed by atoms with Gasteiger partial charge in [0.2, 0.25) is 5.91 Å². The number of nitrogens with one attached hydrogen (secondary N) is 2. The Morgan fingerprint density at radius 3 is 2.62 bits per heavy atom. The molecule has 4 heterocycles. The van der Waals surface area contributed by atoms with Crippen LogP contribution in [0.25, 0.3) is 6.08 Å². The van der Waals surface area contributed by atoms with Crippen LogP contribution in [0.15, 0.2) is 23.0 Å². The normalized spacial score (nSPS) is 26.1. The molecule has 4 atom stereocenters. The summed E-state index contributed by atoms with van der Waals surface area (Å²) >= 11 is 0. The molecule has 3 amide bonds. The zero-order chi connectivity index (χ0) is 24.2. The van der Waals surface area contributed by atoms with E-state index in [-0.39, 0.29) is 30.0 Å². The molecule has 0 spiro atoms. The molecule has 9 heteroatoms. The molecule has 0 saturated carbocycles. The number of allylic oxidation sites excluding steroid dienone is 1. The number of rotatable bonds is 8. The van der Waals surface area contributed by atoms with Crippen molar-refractivity contribution < 1.29 is 14.7 Å². The van der Waals surface area contributed by atoms with E-state index in [0.29, 0.717) is 25.2 Å². The maximum atomic E-state index is 13.4. The van der Waals surface area contributed by atoms with Gasteiger partial charge in [0.15, 0.2) is 0 Å². The number of hydrogen-bond donors (Lipinski definition) is 3. The predicted octanol–water partition coefficient (Wildman–Crippen LogP) is 1.18. The number of amides is 3. The van der Waals surface area contributed by atoms with Crippen LogP contribution in [0, 0.1) is 11.8 Å². The highest BCUT2D eigenvalue weighted by molar-refractivity contribution is 5.88. The quantitative estimate of drug-likeness (QED) is 0.528. The molecule has 3 N–H and O–H groups in total. The molecule has 0 aromatic carbocycles. The summed E-state index contributed by atoms with van der Waals surface area (Å²) in [6.45, 7) is 7.87. The summed E-state index contributed by atoms with van der Waals surface area (Å²) in [7, 11) is 0. The molecule has 186 valence electrons. The number of urea groups is 1. The fraction of sp³-hybridized carbons (Fsp3) is 0.640. The van der Waals surface area contributed by atoms with E-state index in [1.807, 2.05) is 26.0 Å². The van der Waals surface area contributed by atoms with E-state index in [1.165, 1.54) is 12.8 Å². The van der Waals surface area contributed by atoms with Crippen LogP contribution in [0.5, 0.6) is 0 Å². The van der Waals surface area contributed by atoms with Crippen LogP contribution in [0.2, 0.25) is 0 Å². The number of pyridine rings is 1. The monoisotopic (exact) mass is 471 g/mol. The molecule has 0 unspecified atom stereocenters. The fourth-order valence-electron chi connectivity index (χ4n) is 5.80. The summed E-state index contributed by atoms with van der Waals surface area (Å²) in [5, 5.41) is 16.3. The van der Waals surface area contributed by atoms with Gasteiger partial charge in [-0.05, 0) is 51.4 Å². The molecular formula is C25H37N5O4. The predicted molar refractivity (Wildman–Crippen MR) is 130 cm³/mol. The smallest absolute Gasteiger partial charge is 0.318 e. The Kier molecular flexibility index (Phi) is 7.73. The van der Waals surface area contributed by atoms with Crippen molar-refractivity contribution in [2.45, 2.75) is 51.7 Å². The summed E-state index contributed by atoms with van der Waals surface area (Å²) in [5.74, 6) is -0.896. The van der Waals surface area contributed by atoms with Gasteiger partial charge in [0.05, 0.1) is 6.04 Å². The van der Waals surface area contributed by atoms with Crippen LogP contribution in [0.4, 0.5) is 4.79 Å². The Hall–Kier alpha value is -2.65. The minimum Gasteiger partial charge on any atom is -0.396 e. The second-order valence-corrected chi connectivity index (χ2v) is 9.51. The first-order valence-corrected chi connectivity index (χ1v) is 12.5. The Morgan fingerprint density at radius 1 is 1.18 bits per heavy atom. The molecule has 3 aliphatic heterocycles. The number of aliphatic hydroxyl groups is 1. The van der Waals surface area contributed by atoms with Crippen molar-refractivity contribution in [2.24, 2.45) is 11.8 Å². The van der Waals surface area contributed by atoms with Gasteiger partial charge in [-0.1, -0.05) is 19.1 Å². The summed E-state index contributed by atoms with van der Waals surface area (Å²) in [6, 6.07) is 2.11. The van der Waals surface area contributed by atoms with Gasteiger partial charge in [0.1, 0.15) is 6.04 Å². The summed E-state index contributed by atoms with van der Waals surface area (Å²) in [5.41, 5.74) is 1.20. The Morgan fingerprint density at radius 2 is 1.94 bits per heavy atom. The highest BCUT2D eigenvalue weighted by Gasteiger charge is 2.57.